The van der Waals surface area contributed by atoms with Gasteiger partial charge in [-0.15, -0.1) is 36.1 Å². The minimum Gasteiger partial charge on any atom is -1.00 e. The molecule has 164 valence electrons. The first-order valence-electron chi connectivity index (χ1n) is 10.4. The molecule has 0 heterocycles. The zero-order valence-corrected chi connectivity index (χ0v) is 23.1. The fourth-order valence-corrected chi connectivity index (χ4v) is 3.71. The summed E-state index contributed by atoms with van der Waals surface area (Å²) in [4.78, 5) is 0. The Kier molecular flexibility index (Phi) is 15.1. The Hall–Kier alpha value is -1.14. The molecule has 31 heavy (non-hydrogen) atoms. The molecule has 3 heteroatoms. The van der Waals surface area contributed by atoms with Gasteiger partial charge in [-0.3, -0.25) is 6.08 Å². The van der Waals surface area contributed by atoms with E-state index in [-0.39, 0.29) is 24.8 Å². The fourth-order valence-electron chi connectivity index (χ4n) is 3.30. The van der Waals surface area contributed by atoms with Crippen molar-refractivity contribution in [2.45, 2.75) is 41.0 Å². The van der Waals surface area contributed by atoms with Crippen LogP contribution in [0.5, 0.6) is 0 Å². The molecule has 0 fully saturated rings. The first-order chi connectivity index (χ1) is 13.9. The Bertz CT molecular complexity index is 933. The van der Waals surface area contributed by atoms with Crippen LogP contribution in [0, 0.1) is 17.9 Å². The summed E-state index contributed by atoms with van der Waals surface area (Å²) in [5.74, 6) is 1.36. The molecule has 0 aromatic heterocycles. The van der Waals surface area contributed by atoms with Crippen LogP contribution in [0.2, 0.25) is 0 Å². The molecule has 0 aliphatic heterocycles. The molecule has 0 saturated carbocycles. The van der Waals surface area contributed by atoms with Crippen LogP contribution in [0.4, 0.5) is 0 Å². The van der Waals surface area contributed by atoms with E-state index in [9.17, 15) is 0 Å². The van der Waals surface area contributed by atoms with Gasteiger partial charge in [0.15, 0.2) is 0 Å². The number of allylic oxidation sites excluding steroid dienone is 4. The molecule has 3 aromatic rings. The molecule has 1 aliphatic carbocycles. The van der Waals surface area contributed by atoms with Crippen LogP contribution in [0.25, 0.3) is 10.8 Å². The second-order valence-corrected chi connectivity index (χ2v) is 9.80. The number of halogens is 2. The summed E-state index contributed by atoms with van der Waals surface area (Å²) in [6.45, 7) is 11.2. The quantitative estimate of drug-likeness (QED) is 0.453. The molecule has 0 amide bonds. The van der Waals surface area contributed by atoms with Crippen molar-refractivity contribution in [1.82, 2.24) is 0 Å². The molecular weight excluding hydrogens is 498 g/mol. The van der Waals surface area contributed by atoms with Gasteiger partial charge in [0.05, 0.1) is 0 Å². The molecule has 0 unspecified atom stereocenters. The van der Waals surface area contributed by atoms with Crippen molar-refractivity contribution in [3.63, 3.8) is 0 Å². The van der Waals surface area contributed by atoms with E-state index in [1.54, 1.807) is 5.57 Å². The van der Waals surface area contributed by atoms with Crippen molar-refractivity contribution in [1.29, 1.82) is 0 Å². The van der Waals surface area contributed by atoms with Crippen LogP contribution >= 0.6 is 0 Å². The van der Waals surface area contributed by atoms with Crippen molar-refractivity contribution >= 4 is 14.0 Å². The summed E-state index contributed by atoms with van der Waals surface area (Å²) < 4.78 is 1.46. The van der Waals surface area contributed by atoms with Gasteiger partial charge >= 0.3 is 70.3 Å². The maximum atomic E-state index is 3.29. The number of hydrogen-bond donors (Lipinski definition) is 0. The van der Waals surface area contributed by atoms with Gasteiger partial charge < -0.3 is 24.8 Å². The molecule has 0 radical (unpaired) electrons. The Morgan fingerprint density at radius 1 is 0.871 bits per heavy atom. The second-order valence-electron chi connectivity index (χ2n) is 7.96. The molecular formula is C28H32Cl2Zr-2. The number of fused-ring (bicyclic) bond motifs is 1. The van der Waals surface area contributed by atoms with Crippen molar-refractivity contribution in [3.05, 3.63) is 102 Å². The normalized spacial score (nSPS) is 11.9. The average molecular weight is 531 g/mol. The standard InChI is InChI=1S/C11H17.C9H7.C8H8.2ClH.Zr/c1-8(2)10-6-5-7-11(10)9(3)4;1-2-5-9-7-3-6-8(9)4-1;1-2-8-6-4-3-5-7-8;;;/h6,8-9H,7H2,1-4H3;1-7H;3-7H,1H3;2*1H;/q2*-1;;;;+2/p-2. The summed E-state index contributed by atoms with van der Waals surface area (Å²) in [5.41, 5.74) is 4.47. The molecule has 0 saturated heterocycles. The summed E-state index contributed by atoms with van der Waals surface area (Å²) in [6, 6.07) is 25.1. The molecule has 4 rings (SSSR count). The zero-order valence-electron chi connectivity index (χ0n) is 19.1. The smallest absolute Gasteiger partial charge is 0.0809 e. The fraction of sp³-hybridized carbons (Fsp3) is 0.286. The van der Waals surface area contributed by atoms with Crippen LogP contribution in [0.3, 0.4) is 0 Å². The minimum absolute atomic E-state index is 0. The second kappa shape index (κ2) is 15.6. The zero-order chi connectivity index (χ0) is 21.2. The van der Waals surface area contributed by atoms with Crippen molar-refractivity contribution in [2.75, 3.05) is 0 Å². The van der Waals surface area contributed by atoms with Crippen LogP contribution in [0.15, 0.2) is 90.0 Å². The Morgan fingerprint density at radius 2 is 1.48 bits per heavy atom. The maximum absolute atomic E-state index is 3.29. The van der Waals surface area contributed by atoms with E-state index in [2.05, 4.69) is 114 Å². The van der Waals surface area contributed by atoms with Gasteiger partial charge in [-0.05, 0) is 5.92 Å². The van der Waals surface area contributed by atoms with Crippen LogP contribution in [-0.2, 0) is 24.2 Å². The van der Waals surface area contributed by atoms with Gasteiger partial charge in [0.2, 0.25) is 0 Å². The molecule has 0 bridgehead atoms. The summed E-state index contributed by atoms with van der Waals surface area (Å²) >= 11 is 1.51. The van der Waals surface area contributed by atoms with Crippen molar-refractivity contribution < 1.29 is 49.0 Å². The van der Waals surface area contributed by atoms with E-state index >= 15 is 0 Å². The summed E-state index contributed by atoms with van der Waals surface area (Å²) in [6.07, 6.45) is 6.51. The third kappa shape index (κ3) is 9.90. The third-order valence-electron chi connectivity index (χ3n) is 4.99. The molecule has 3 aromatic carbocycles. The molecule has 1 aliphatic rings. The van der Waals surface area contributed by atoms with Gasteiger partial charge in [0.1, 0.15) is 0 Å². The van der Waals surface area contributed by atoms with E-state index in [1.807, 2.05) is 6.07 Å². The van der Waals surface area contributed by atoms with E-state index in [0.29, 0.717) is 11.8 Å². The number of hydrogen-bond acceptors (Lipinski definition) is 0. The van der Waals surface area contributed by atoms with Crippen LogP contribution in [0.1, 0.15) is 46.6 Å². The number of benzene rings is 2. The first-order valence-corrected chi connectivity index (χ1v) is 11.6. The summed E-state index contributed by atoms with van der Waals surface area (Å²) in [7, 11) is 0. The Balaban J connectivity index is 0.000000424. The third-order valence-corrected chi connectivity index (χ3v) is 5.70. The molecule has 0 N–H and O–H groups in total. The van der Waals surface area contributed by atoms with Gasteiger partial charge in [0, 0.05) is 0 Å². The maximum Gasteiger partial charge on any atom is -0.0809 e. The van der Waals surface area contributed by atoms with Crippen LogP contribution in [-0.4, -0.2) is 3.21 Å². The van der Waals surface area contributed by atoms with Crippen molar-refractivity contribution in [3.8, 4) is 0 Å². The van der Waals surface area contributed by atoms with Crippen molar-refractivity contribution in [2.24, 2.45) is 11.8 Å². The molecule has 0 spiro atoms. The van der Waals surface area contributed by atoms with Gasteiger partial charge in [0.25, 0.3) is 0 Å². The van der Waals surface area contributed by atoms with E-state index in [1.165, 1.54) is 49.4 Å². The Labute approximate surface area is 216 Å². The first kappa shape index (κ1) is 29.9. The predicted octanol–water partition coefficient (Wildman–Crippen LogP) is 1.70. The van der Waals surface area contributed by atoms with Crippen LogP contribution < -0.4 is 24.8 Å². The monoisotopic (exact) mass is 528 g/mol. The minimum atomic E-state index is 0. The Morgan fingerprint density at radius 3 is 1.97 bits per heavy atom. The topological polar surface area (TPSA) is 0 Å². The SMILES string of the molecule is CC(C)C1=C(C(C)C)C[C-]=C1.C[C](=[Zr+2])c1ccccc1.[Cl-].[Cl-].c1ccc2[cH-]ccc2c1. The van der Waals surface area contributed by atoms with Gasteiger partial charge in [-0.1, -0.05) is 39.7 Å². The van der Waals surface area contributed by atoms with E-state index in [4.69, 9.17) is 0 Å². The van der Waals surface area contributed by atoms with E-state index in [0.717, 1.165) is 6.42 Å². The van der Waals surface area contributed by atoms with Gasteiger partial charge in [-0.2, -0.15) is 28.7 Å². The molecule has 0 nitrogen and oxygen atoms in total. The number of rotatable bonds is 3. The van der Waals surface area contributed by atoms with Gasteiger partial charge in [-0.25, -0.2) is 6.08 Å². The predicted molar refractivity (Wildman–Crippen MR) is 125 cm³/mol. The molecule has 0 atom stereocenters. The largest absolute Gasteiger partial charge is 1.00 e. The average Bonchev–Trinajstić information content (AvgIpc) is 3.39. The summed E-state index contributed by atoms with van der Waals surface area (Å²) in [5, 5.41) is 2.66. The van der Waals surface area contributed by atoms with E-state index < -0.39 is 0 Å².